The molecule has 0 amide bonds. The summed E-state index contributed by atoms with van der Waals surface area (Å²) in [6.45, 7) is 4.04. The molecule has 0 aliphatic carbocycles. The Hall–Kier alpha value is -3.08. The van der Waals surface area contributed by atoms with Crippen LogP contribution >= 0.6 is 0 Å². The van der Waals surface area contributed by atoms with Crippen LogP contribution in [-0.4, -0.2) is 18.5 Å². The minimum atomic E-state index is -0.501. The molecule has 0 saturated heterocycles. The summed E-state index contributed by atoms with van der Waals surface area (Å²) in [6, 6.07) is 10.7. The average Bonchev–Trinajstić information content (AvgIpc) is 3.17. The number of rotatable bonds is 5. The van der Waals surface area contributed by atoms with E-state index < -0.39 is 5.97 Å². The van der Waals surface area contributed by atoms with E-state index in [0.29, 0.717) is 12.4 Å². The van der Waals surface area contributed by atoms with Crippen molar-refractivity contribution >= 4 is 17.9 Å². The maximum absolute atomic E-state index is 11.8. The molecule has 2 aromatic rings. The second-order valence-corrected chi connectivity index (χ2v) is 4.48. The molecule has 0 fully saturated rings. The highest BCUT2D eigenvalue weighted by atomic mass is 16.6. The first-order valence-electron chi connectivity index (χ1n) is 6.66. The maximum Gasteiger partial charge on any atom is 0.363 e. The molecule has 0 N–H and O–H groups in total. The van der Waals surface area contributed by atoms with Crippen molar-refractivity contribution in [3.63, 3.8) is 0 Å². The largest absolute Gasteiger partial charge is 0.490 e. The zero-order chi connectivity index (χ0) is 15.4. The Bertz CT molecular complexity index is 739. The number of carbonyl (C=O) groups excluding carboxylic acids is 1. The third-order valence-electron chi connectivity index (χ3n) is 2.90. The summed E-state index contributed by atoms with van der Waals surface area (Å²) in [5, 5.41) is 0. The maximum atomic E-state index is 11.8. The number of nitrogens with zero attached hydrogens (tertiary/aromatic N) is 1. The van der Waals surface area contributed by atoms with E-state index in [1.807, 2.05) is 24.3 Å². The predicted molar refractivity (Wildman–Crippen MR) is 81.4 cm³/mol. The standard InChI is InChI=1S/C17H13NO4/c1-2-9-20-13-7-5-12(6-8-13)11-14-17(19)22-16(18-14)15-4-3-10-21-15/h2-8,10-11H,1,9H2/b14-11-. The first-order valence-corrected chi connectivity index (χ1v) is 6.66. The van der Waals surface area contributed by atoms with Gasteiger partial charge in [-0.05, 0) is 35.9 Å². The molecular formula is C17H13NO4. The summed E-state index contributed by atoms with van der Waals surface area (Å²) in [5.74, 6) is 0.825. The Morgan fingerprint density at radius 1 is 1.23 bits per heavy atom. The van der Waals surface area contributed by atoms with E-state index in [1.165, 1.54) is 6.26 Å². The van der Waals surface area contributed by atoms with Crippen molar-refractivity contribution < 1.29 is 18.7 Å². The number of furan rings is 1. The monoisotopic (exact) mass is 295 g/mol. The van der Waals surface area contributed by atoms with Crippen molar-refractivity contribution in [3.8, 4) is 5.75 Å². The van der Waals surface area contributed by atoms with Crippen LogP contribution in [0, 0.1) is 0 Å². The topological polar surface area (TPSA) is 61.0 Å². The highest BCUT2D eigenvalue weighted by molar-refractivity contribution is 6.11. The molecule has 0 atom stereocenters. The van der Waals surface area contributed by atoms with E-state index in [-0.39, 0.29) is 11.6 Å². The smallest absolute Gasteiger partial charge is 0.363 e. The highest BCUT2D eigenvalue weighted by Gasteiger charge is 2.25. The van der Waals surface area contributed by atoms with Gasteiger partial charge in [0.15, 0.2) is 11.5 Å². The third kappa shape index (κ3) is 2.98. The third-order valence-corrected chi connectivity index (χ3v) is 2.90. The summed E-state index contributed by atoms with van der Waals surface area (Å²) in [4.78, 5) is 16.0. The molecule has 5 nitrogen and oxygen atoms in total. The van der Waals surface area contributed by atoms with Crippen LogP contribution in [0.4, 0.5) is 0 Å². The van der Waals surface area contributed by atoms with Crippen molar-refractivity contribution in [1.82, 2.24) is 0 Å². The van der Waals surface area contributed by atoms with Crippen LogP contribution in [0.3, 0.4) is 0 Å². The second-order valence-electron chi connectivity index (χ2n) is 4.48. The van der Waals surface area contributed by atoms with Gasteiger partial charge in [0.05, 0.1) is 6.26 Å². The van der Waals surface area contributed by atoms with Gasteiger partial charge < -0.3 is 13.9 Å². The van der Waals surface area contributed by atoms with Gasteiger partial charge in [0.1, 0.15) is 12.4 Å². The predicted octanol–water partition coefficient (Wildman–Crippen LogP) is 3.19. The van der Waals surface area contributed by atoms with Gasteiger partial charge in [0.25, 0.3) is 5.90 Å². The van der Waals surface area contributed by atoms with Crippen molar-refractivity contribution in [3.05, 3.63) is 72.3 Å². The number of hydrogen-bond acceptors (Lipinski definition) is 5. The number of aliphatic imine (C=N–C) groups is 1. The lowest BCUT2D eigenvalue weighted by Crippen LogP contribution is -2.04. The molecule has 0 radical (unpaired) electrons. The van der Waals surface area contributed by atoms with Crippen LogP contribution in [0.2, 0.25) is 0 Å². The van der Waals surface area contributed by atoms with Crippen molar-refractivity contribution in [2.45, 2.75) is 0 Å². The number of benzene rings is 1. The number of esters is 1. The van der Waals surface area contributed by atoms with Crippen LogP contribution in [-0.2, 0) is 9.53 Å². The molecule has 110 valence electrons. The first kappa shape index (κ1) is 13.9. The summed E-state index contributed by atoms with van der Waals surface area (Å²) in [6.07, 6.45) is 4.82. The summed E-state index contributed by atoms with van der Waals surface area (Å²) < 4.78 is 15.6. The quantitative estimate of drug-likeness (QED) is 0.483. The zero-order valence-corrected chi connectivity index (χ0v) is 11.7. The number of ether oxygens (including phenoxy) is 2. The zero-order valence-electron chi connectivity index (χ0n) is 11.7. The lowest BCUT2D eigenvalue weighted by molar-refractivity contribution is -0.130. The van der Waals surface area contributed by atoms with E-state index in [1.54, 1.807) is 24.3 Å². The Morgan fingerprint density at radius 3 is 2.73 bits per heavy atom. The van der Waals surface area contributed by atoms with Gasteiger partial charge in [-0.2, -0.15) is 0 Å². The Labute approximate surface area is 127 Å². The molecule has 1 aliphatic heterocycles. The van der Waals surface area contributed by atoms with Gasteiger partial charge >= 0.3 is 5.97 Å². The minimum absolute atomic E-state index is 0.173. The first-order chi connectivity index (χ1) is 10.8. The van der Waals surface area contributed by atoms with E-state index in [0.717, 1.165) is 11.3 Å². The van der Waals surface area contributed by atoms with E-state index in [2.05, 4.69) is 11.6 Å². The lowest BCUT2D eigenvalue weighted by atomic mass is 10.2. The molecule has 1 aromatic heterocycles. The van der Waals surface area contributed by atoms with Gasteiger partial charge in [-0.3, -0.25) is 0 Å². The fourth-order valence-electron chi connectivity index (χ4n) is 1.89. The summed E-state index contributed by atoms with van der Waals surface area (Å²) in [5.41, 5.74) is 1.05. The van der Waals surface area contributed by atoms with Gasteiger partial charge in [-0.25, -0.2) is 9.79 Å². The highest BCUT2D eigenvalue weighted by Crippen LogP contribution is 2.20. The fraction of sp³-hybridized carbons (Fsp3) is 0.0588. The minimum Gasteiger partial charge on any atom is -0.490 e. The Balaban J connectivity index is 1.79. The van der Waals surface area contributed by atoms with Crippen LogP contribution in [0.1, 0.15) is 11.3 Å². The number of cyclic esters (lactones) is 1. The molecule has 1 aromatic carbocycles. The molecule has 0 spiro atoms. The van der Waals surface area contributed by atoms with E-state index in [4.69, 9.17) is 13.9 Å². The molecule has 0 bridgehead atoms. The van der Waals surface area contributed by atoms with Crippen LogP contribution < -0.4 is 4.74 Å². The molecule has 2 heterocycles. The lowest BCUT2D eigenvalue weighted by Gasteiger charge is -2.02. The van der Waals surface area contributed by atoms with Crippen LogP contribution in [0.15, 0.2) is 70.4 Å². The van der Waals surface area contributed by atoms with E-state index in [9.17, 15) is 4.79 Å². The van der Waals surface area contributed by atoms with Gasteiger partial charge in [0, 0.05) is 0 Å². The SMILES string of the molecule is C=CCOc1ccc(/C=C2\N=C(c3ccco3)OC2=O)cc1. The molecule has 0 unspecified atom stereocenters. The normalized spacial score (nSPS) is 15.5. The Morgan fingerprint density at radius 2 is 2.05 bits per heavy atom. The fourth-order valence-corrected chi connectivity index (χ4v) is 1.89. The van der Waals surface area contributed by atoms with Gasteiger partial charge in [0.2, 0.25) is 0 Å². The number of hydrogen-bond donors (Lipinski definition) is 0. The van der Waals surface area contributed by atoms with Crippen LogP contribution in [0.5, 0.6) is 5.75 Å². The van der Waals surface area contributed by atoms with Gasteiger partial charge in [-0.15, -0.1) is 0 Å². The van der Waals surface area contributed by atoms with Crippen molar-refractivity contribution in [2.24, 2.45) is 4.99 Å². The molecule has 0 saturated carbocycles. The molecule has 5 heteroatoms. The van der Waals surface area contributed by atoms with E-state index >= 15 is 0 Å². The summed E-state index contributed by atoms with van der Waals surface area (Å²) >= 11 is 0. The molecule has 3 rings (SSSR count). The second kappa shape index (κ2) is 6.13. The van der Waals surface area contributed by atoms with Crippen LogP contribution in [0.25, 0.3) is 6.08 Å². The molecular weight excluding hydrogens is 282 g/mol. The van der Waals surface area contributed by atoms with Crippen molar-refractivity contribution in [1.29, 1.82) is 0 Å². The summed E-state index contributed by atoms with van der Waals surface area (Å²) in [7, 11) is 0. The average molecular weight is 295 g/mol. The van der Waals surface area contributed by atoms with Crippen molar-refractivity contribution in [2.75, 3.05) is 6.61 Å². The molecule has 22 heavy (non-hydrogen) atoms. The number of carbonyl (C=O) groups is 1. The molecule has 1 aliphatic rings. The van der Waals surface area contributed by atoms with Gasteiger partial charge in [-0.1, -0.05) is 24.8 Å². The Kier molecular flexibility index (Phi) is 3.87.